The van der Waals surface area contributed by atoms with Gasteiger partial charge in [-0.3, -0.25) is 9.89 Å². The standard InChI is InChI=1S/C16H17F3N4O/c1-23-8-11(12(9-23)16(17,18)19)15(24)21-13-7-20-22-14(13)10-5-3-2-4-6-10/h2-7,11-12H,8-9H2,1H3,(H,20,22)(H,21,24)/t11-,12-/m1/s1. The normalized spacial score (nSPS) is 21.8. The number of carbonyl (C=O) groups is 1. The fourth-order valence-electron chi connectivity index (χ4n) is 3.03. The minimum absolute atomic E-state index is 0.0779. The molecule has 2 aromatic rings. The maximum absolute atomic E-state index is 13.1. The van der Waals surface area contributed by atoms with Crippen LogP contribution in [0.1, 0.15) is 0 Å². The van der Waals surface area contributed by atoms with E-state index >= 15 is 0 Å². The Hall–Kier alpha value is -2.35. The van der Waals surface area contributed by atoms with Gasteiger partial charge in [0, 0.05) is 18.7 Å². The molecule has 0 radical (unpaired) electrons. The molecule has 0 spiro atoms. The first-order valence-electron chi connectivity index (χ1n) is 7.51. The third-order valence-electron chi connectivity index (χ3n) is 4.22. The van der Waals surface area contributed by atoms with E-state index in [1.165, 1.54) is 11.1 Å². The van der Waals surface area contributed by atoms with Crippen molar-refractivity contribution < 1.29 is 18.0 Å². The molecule has 1 aromatic carbocycles. The number of anilines is 1. The van der Waals surface area contributed by atoms with Gasteiger partial charge in [0.15, 0.2) is 0 Å². The second-order valence-corrected chi connectivity index (χ2v) is 5.99. The Morgan fingerprint density at radius 1 is 1.29 bits per heavy atom. The Labute approximate surface area is 136 Å². The zero-order chi connectivity index (χ0) is 17.3. The molecule has 2 N–H and O–H groups in total. The highest BCUT2D eigenvalue weighted by Crippen LogP contribution is 2.38. The molecule has 0 bridgehead atoms. The van der Waals surface area contributed by atoms with Gasteiger partial charge in [0.2, 0.25) is 5.91 Å². The summed E-state index contributed by atoms with van der Waals surface area (Å²) in [5, 5.41) is 9.25. The van der Waals surface area contributed by atoms with E-state index in [0.29, 0.717) is 11.4 Å². The lowest BCUT2D eigenvalue weighted by molar-refractivity contribution is -0.182. The van der Waals surface area contributed by atoms with Crippen LogP contribution in [0, 0.1) is 11.8 Å². The van der Waals surface area contributed by atoms with Crippen LogP contribution >= 0.6 is 0 Å². The Morgan fingerprint density at radius 2 is 2.00 bits per heavy atom. The van der Waals surface area contributed by atoms with Crippen LogP contribution < -0.4 is 5.32 Å². The first-order chi connectivity index (χ1) is 11.4. The largest absolute Gasteiger partial charge is 0.393 e. The average Bonchev–Trinajstić information content (AvgIpc) is 3.14. The summed E-state index contributed by atoms with van der Waals surface area (Å²) in [6, 6.07) is 9.15. The maximum Gasteiger partial charge on any atom is 0.393 e. The smallest absolute Gasteiger partial charge is 0.323 e. The molecule has 3 rings (SSSR count). The molecule has 1 aliphatic heterocycles. The molecule has 2 heterocycles. The van der Waals surface area contributed by atoms with Gasteiger partial charge < -0.3 is 10.2 Å². The second kappa shape index (κ2) is 6.27. The second-order valence-electron chi connectivity index (χ2n) is 5.99. The number of H-pyrrole nitrogens is 1. The molecular weight excluding hydrogens is 321 g/mol. The number of amides is 1. The zero-order valence-electron chi connectivity index (χ0n) is 13.0. The lowest BCUT2D eigenvalue weighted by atomic mass is 9.94. The average molecular weight is 338 g/mol. The molecule has 24 heavy (non-hydrogen) atoms. The van der Waals surface area contributed by atoms with Crippen molar-refractivity contribution in [2.45, 2.75) is 6.18 Å². The molecule has 0 aliphatic carbocycles. The van der Waals surface area contributed by atoms with Crippen molar-refractivity contribution in [3.05, 3.63) is 36.5 Å². The molecule has 1 amide bonds. The van der Waals surface area contributed by atoms with Crippen LogP contribution in [0.25, 0.3) is 11.3 Å². The quantitative estimate of drug-likeness (QED) is 0.905. The molecule has 5 nitrogen and oxygen atoms in total. The fourth-order valence-corrected chi connectivity index (χ4v) is 3.03. The molecule has 1 aromatic heterocycles. The van der Waals surface area contributed by atoms with Crippen molar-refractivity contribution >= 4 is 11.6 Å². The number of aromatic nitrogens is 2. The van der Waals surface area contributed by atoms with E-state index < -0.39 is 23.9 Å². The molecule has 1 aliphatic rings. The monoisotopic (exact) mass is 338 g/mol. The molecule has 1 fully saturated rings. The Morgan fingerprint density at radius 3 is 2.67 bits per heavy atom. The van der Waals surface area contributed by atoms with Crippen LogP contribution in [0.2, 0.25) is 0 Å². The van der Waals surface area contributed by atoms with Crippen LogP contribution in [0.5, 0.6) is 0 Å². The number of halogens is 3. The third kappa shape index (κ3) is 3.28. The Bertz CT molecular complexity index is 714. The highest BCUT2D eigenvalue weighted by molar-refractivity contribution is 5.96. The molecule has 2 atom stereocenters. The number of carbonyl (C=O) groups excluding carboxylic acids is 1. The summed E-state index contributed by atoms with van der Waals surface area (Å²) in [4.78, 5) is 13.9. The van der Waals surface area contributed by atoms with E-state index in [1.54, 1.807) is 7.05 Å². The van der Waals surface area contributed by atoms with Crippen molar-refractivity contribution in [3.63, 3.8) is 0 Å². The number of alkyl halides is 3. The highest BCUT2D eigenvalue weighted by atomic mass is 19.4. The number of nitrogens with zero attached hydrogens (tertiary/aromatic N) is 2. The van der Waals surface area contributed by atoms with Gasteiger partial charge in [-0.15, -0.1) is 0 Å². The van der Waals surface area contributed by atoms with Crippen LogP contribution in [0.3, 0.4) is 0 Å². The first-order valence-corrected chi connectivity index (χ1v) is 7.51. The molecule has 1 saturated heterocycles. The van der Waals surface area contributed by atoms with Crippen LogP contribution in [0.4, 0.5) is 18.9 Å². The van der Waals surface area contributed by atoms with Gasteiger partial charge in [-0.05, 0) is 7.05 Å². The fraction of sp³-hybridized carbons (Fsp3) is 0.375. The van der Waals surface area contributed by atoms with Crippen LogP contribution in [-0.2, 0) is 4.79 Å². The van der Waals surface area contributed by atoms with E-state index in [1.807, 2.05) is 30.3 Å². The van der Waals surface area contributed by atoms with Crippen molar-refractivity contribution in [1.82, 2.24) is 15.1 Å². The summed E-state index contributed by atoms with van der Waals surface area (Å²) < 4.78 is 39.4. The summed E-state index contributed by atoms with van der Waals surface area (Å²) >= 11 is 0. The van der Waals surface area contributed by atoms with Crippen molar-refractivity contribution in [3.8, 4) is 11.3 Å². The first kappa shape index (κ1) is 16.5. The number of rotatable bonds is 3. The summed E-state index contributed by atoms with van der Waals surface area (Å²) in [5.41, 5.74) is 1.74. The van der Waals surface area contributed by atoms with Crippen molar-refractivity contribution in [2.75, 3.05) is 25.5 Å². The maximum atomic E-state index is 13.1. The van der Waals surface area contributed by atoms with E-state index in [9.17, 15) is 18.0 Å². The number of hydrogen-bond donors (Lipinski definition) is 2. The highest BCUT2D eigenvalue weighted by Gasteiger charge is 2.51. The molecule has 0 unspecified atom stereocenters. The predicted octanol–water partition coefficient (Wildman–Crippen LogP) is 2.76. The SMILES string of the molecule is CN1C[C@@H](C(F)(F)F)[C@H](C(=O)Nc2cn[nH]c2-c2ccccc2)C1. The van der Waals surface area contributed by atoms with Crippen LogP contribution in [-0.4, -0.2) is 47.3 Å². The third-order valence-corrected chi connectivity index (χ3v) is 4.22. The van der Waals surface area contributed by atoms with E-state index in [4.69, 9.17) is 0 Å². The number of likely N-dealkylation sites (tertiary alicyclic amines) is 1. The Kier molecular flexibility index (Phi) is 4.31. The number of nitrogens with one attached hydrogen (secondary N) is 2. The summed E-state index contributed by atoms with van der Waals surface area (Å²) in [6.45, 7) is -0.0902. The summed E-state index contributed by atoms with van der Waals surface area (Å²) in [7, 11) is 1.58. The van der Waals surface area contributed by atoms with Gasteiger partial charge in [0.05, 0.1) is 29.4 Å². The molecule has 8 heteroatoms. The van der Waals surface area contributed by atoms with Gasteiger partial charge in [0.1, 0.15) is 0 Å². The summed E-state index contributed by atoms with van der Waals surface area (Å²) in [5.74, 6) is -3.43. The minimum Gasteiger partial charge on any atom is -0.323 e. The topological polar surface area (TPSA) is 61.0 Å². The van der Waals surface area contributed by atoms with Gasteiger partial charge in [0.25, 0.3) is 0 Å². The van der Waals surface area contributed by atoms with Crippen molar-refractivity contribution in [2.24, 2.45) is 11.8 Å². The number of benzene rings is 1. The number of hydrogen-bond acceptors (Lipinski definition) is 3. The molecular formula is C16H17F3N4O. The van der Waals surface area contributed by atoms with Gasteiger partial charge in [-0.25, -0.2) is 0 Å². The van der Waals surface area contributed by atoms with E-state index in [2.05, 4.69) is 15.5 Å². The van der Waals surface area contributed by atoms with Gasteiger partial charge >= 0.3 is 6.18 Å². The Balaban J connectivity index is 1.80. The van der Waals surface area contributed by atoms with E-state index in [0.717, 1.165) is 5.56 Å². The number of aromatic amines is 1. The molecule has 0 saturated carbocycles. The van der Waals surface area contributed by atoms with Crippen molar-refractivity contribution in [1.29, 1.82) is 0 Å². The minimum atomic E-state index is -4.40. The summed E-state index contributed by atoms with van der Waals surface area (Å²) in [6.07, 6.45) is -2.99. The lowest BCUT2D eigenvalue weighted by Crippen LogP contribution is -2.36. The van der Waals surface area contributed by atoms with Gasteiger partial charge in [-0.2, -0.15) is 18.3 Å². The lowest BCUT2D eigenvalue weighted by Gasteiger charge is -2.20. The zero-order valence-corrected chi connectivity index (χ0v) is 13.0. The predicted molar refractivity (Wildman–Crippen MR) is 83.2 cm³/mol. The van der Waals surface area contributed by atoms with E-state index in [-0.39, 0.29) is 13.1 Å². The molecule has 128 valence electrons. The van der Waals surface area contributed by atoms with Crippen LogP contribution in [0.15, 0.2) is 36.5 Å². The van der Waals surface area contributed by atoms with Gasteiger partial charge in [-0.1, -0.05) is 30.3 Å².